The van der Waals surface area contributed by atoms with Crippen molar-refractivity contribution in [2.75, 3.05) is 13.1 Å². The third kappa shape index (κ3) is 4.11. The van der Waals surface area contributed by atoms with Crippen molar-refractivity contribution in [3.05, 3.63) is 42.5 Å². The molecule has 0 radical (unpaired) electrons. The Morgan fingerprint density at radius 2 is 1.89 bits per heavy atom. The molecule has 19 heavy (non-hydrogen) atoms. The number of benzene rings is 1. The summed E-state index contributed by atoms with van der Waals surface area (Å²) in [5.41, 5.74) is 0. The second-order valence-corrected chi connectivity index (χ2v) is 5.17. The van der Waals surface area contributed by atoms with Crippen LogP contribution in [-0.4, -0.2) is 27.4 Å². The lowest BCUT2D eigenvalue weighted by molar-refractivity contribution is -0.119. The molecule has 0 bridgehead atoms. The van der Waals surface area contributed by atoms with E-state index in [4.69, 9.17) is 0 Å². The molecule has 8 heteroatoms. The number of hydrogen-bond donors (Lipinski definition) is 2. The molecule has 0 spiro atoms. The molecule has 5 nitrogen and oxygen atoms in total. The van der Waals surface area contributed by atoms with Gasteiger partial charge < -0.3 is 5.32 Å². The Bertz CT molecular complexity index is 567. The summed E-state index contributed by atoms with van der Waals surface area (Å²) in [6, 6.07) is 2.67. The van der Waals surface area contributed by atoms with Gasteiger partial charge >= 0.3 is 0 Å². The van der Waals surface area contributed by atoms with E-state index in [0.29, 0.717) is 0 Å². The van der Waals surface area contributed by atoms with Crippen molar-refractivity contribution >= 4 is 15.9 Å². The predicted molar refractivity (Wildman–Crippen MR) is 64.8 cm³/mol. The number of sulfonamides is 1. The molecule has 0 fully saturated rings. The van der Waals surface area contributed by atoms with Crippen LogP contribution in [0.15, 0.2) is 35.7 Å². The lowest BCUT2D eigenvalue weighted by Gasteiger charge is -2.08. The van der Waals surface area contributed by atoms with Gasteiger partial charge in [0.25, 0.3) is 0 Å². The van der Waals surface area contributed by atoms with E-state index in [1.165, 1.54) is 6.08 Å². The van der Waals surface area contributed by atoms with E-state index in [1.807, 2.05) is 4.72 Å². The zero-order valence-electron chi connectivity index (χ0n) is 9.82. The minimum Gasteiger partial charge on any atom is -0.352 e. The SMILES string of the molecule is C=CCNC(=O)CNS(=O)(=O)c1c(F)cccc1F. The van der Waals surface area contributed by atoms with E-state index < -0.39 is 39.0 Å². The standard InChI is InChI=1S/C11H12F2N2O3S/c1-2-6-14-10(16)7-15-19(17,18)11-8(12)4-3-5-9(11)13/h2-5,15H,1,6-7H2,(H,14,16). The molecule has 1 rings (SSSR count). The first kappa shape index (κ1) is 15.3. The average Bonchev–Trinajstić information content (AvgIpc) is 2.33. The molecule has 1 aromatic carbocycles. The minimum absolute atomic E-state index is 0.161. The van der Waals surface area contributed by atoms with Crippen LogP contribution in [-0.2, 0) is 14.8 Å². The van der Waals surface area contributed by atoms with Gasteiger partial charge in [0.15, 0.2) is 4.90 Å². The summed E-state index contributed by atoms with van der Waals surface area (Å²) in [6.07, 6.45) is 1.41. The molecule has 104 valence electrons. The fourth-order valence-corrected chi connectivity index (χ4v) is 2.34. The van der Waals surface area contributed by atoms with E-state index in [9.17, 15) is 22.0 Å². The maximum Gasteiger partial charge on any atom is 0.246 e. The van der Waals surface area contributed by atoms with Gasteiger partial charge in [-0.25, -0.2) is 21.9 Å². The van der Waals surface area contributed by atoms with Crippen LogP contribution < -0.4 is 10.0 Å². The Labute approximate surface area is 109 Å². The Kier molecular flexibility index (Phi) is 5.13. The van der Waals surface area contributed by atoms with Crippen molar-refractivity contribution in [2.24, 2.45) is 0 Å². The first-order valence-electron chi connectivity index (χ1n) is 5.19. The zero-order chi connectivity index (χ0) is 14.5. The lowest BCUT2D eigenvalue weighted by atomic mass is 10.3. The third-order valence-electron chi connectivity index (χ3n) is 2.05. The van der Waals surface area contributed by atoms with Crippen LogP contribution in [0.25, 0.3) is 0 Å². The van der Waals surface area contributed by atoms with Gasteiger partial charge in [-0.2, -0.15) is 0 Å². The van der Waals surface area contributed by atoms with Crippen molar-refractivity contribution in [3.8, 4) is 0 Å². The molecule has 0 unspecified atom stereocenters. The van der Waals surface area contributed by atoms with Crippen LogP contribution in [0.2, 0.25) is 0 Å². The van der Waals surface area contributed by atoms with Gasteiger partial charge in [-0.05, 0) is 12.1 Å². The normalized spacial score (nSPS) is 11.1. The molecule has 0 aliphatic rings. The Morgan fingerprint density at radius 1 is 1.32 bits per heavy atom. The van der Waals surface area contributed by atoms with Crippen LogP contribution in [0.4, 0.5) is 8.78 Å². The Hall–Kier alpha value is -1.80. The molecule has 0 saturated heterocycles. The maximum absolute atomic E-state index is 13.3. The van der Waals surface area contributed by atoms with E-state index in [0.717, 1.165) is 18.2 Å². The quantitative estimate of drug-likeness (QED) is 0.751. The summed E-state index contributed by atoms with van der Waals surface area (Å²) >= 11 is 0. The van der Waals surface area contributed by atoms with E-state index in [-0.39, 0.29) is 6.54 Å². The molecule has 0 heterocycles. The number of carbonyl (C=O) groups is 1. The summed E-state index contributed by atoms with van der Waals surface area (Å²) in [5.74, 6) is -3.08. The molecule has 0 aliphatic heterocycles. The molecular weight excluding hydrogens is 278 g/mol. The second-order valence-electron chi connectivity index (χ2n) is 3.47. The van der Waals surface area contributed by atoms with Gasteiger partial charge in [0.05, 0.1) is 6.54 Å². The van der Waals surface area contributed by atoms with Gasteiger partial charge in [0.2, 0.25) is 15.9 Å². The van der Waals surface area contributed by atoms with Gasteiger partial charge in [0.1, 0.15) is 11.6 Å². The molecule has 0 aliphatic carbocycles. The van der Waals surface area contributed by atoms with E-state index >= 15 is 0 Å². The molecule has 0 saturated carbocycles. The van der Waals surface area contributed by atoms with Crippen LogP contribution in [0, 0.1) is 11.6 Å². The van der Waals surface area contributed by atoms with Crippen molar-refractivity contribution < 1.29 is 22.0 Å². The molecule has 0 aromatic heterocycles. The average molecular weight is 290 g/mol. The summed E-state index contributed by atoms with van der Waals surface area (Å²) in [4.78, 5) is 10.1. The monoisotopic (exact) mass is 290 g/mol. The Morgan fingerprint density at radius 3 is 2.42 bits per heavy atom. The highest BCUT2D eigenvalue weighted by Gasteiger charge is 2.24. The first-order chi connectivity index (χ1) is 8.88. The molecule has 1 aromatic rings. The third-order valence-corrected chi connectivity index (χ3v) is 3.51. The van der Waals surface area contributed by atoms with Crippen LogP contribution in [0.1, 0.15) is 0 Å². The summed E-state index contributed by atoms with van der Waals surface area (Å²) in [5, 5.41) is 2.31. The smallest absolute Gasteiger partial charge is 0.246 e. The van der Waals surface area contributed by atoms with Crippen molar-refractivity contribution in [1.29, 1.82) is 0 Å². The van der Waals surface area contributed by atoms with Crippen molar-refractivity contribution in [3.63, 3.8) is 0 Å². The number of nitrogens with one attached hydrogen (secondary N) is 2. The summed E-state index contributed by atoms with van der Waals surface area (Å²) < 4.78 is 51.7. The fraction of sp³-hybridized carbons (Fsp3) is 0.182. The van der Waals surface area contributed by atoms with Crippen molar-refractivity contribution in [1.82, 2.24) is 10.0 Å². The van der Waals surface area contributed by atoms with E-state index in [1.54, 1.807) is 0 Å². The maximum atomic E-state index is 13.3. The summed E-state index contributed by atoms with van der Waals surface area (Å²) in [6.45, 7) is 2.90. The highest BCUT2D eigenvalue weighted by Crippen LogP contribution is 2.17. The number of amides is 1. The van der Waals surface area contributed by atoms with Crippen LogP contribution in [0.3, 0.4) is 0 Å². The Balaban J connectivity index is 2.82. The molecule has 2 N–H and O–H groups in total. The van der Waals surface area contributed by atoms with Gasteiger partial charge in [-0.1, -0.05) is 12.1 Å². The first-order valence-corrected chi connectivity index (χ1v) is 6.68. The number of hydrogen-bond acceptors (Lipinski definition) is 3. The predicted octanol–water partition coefficient (Wildman–Crippen LogP) is 0.545. The van der Waals surface area contributed by atoms with Crippen LogP contribution in [0.5, 0.6) is 0 Å². The molecule has 0 atom stereocenters. The fourth-order valence-electron chi connectivity index (χ4n) is 1.22. The van der Waals surface area contributed by atoms with Gasteiger partial charge in [0, 0.05) is 6.54 Å². The largest absolute Gasteiger partial charge is 0.352 e. The van der Waals surface area contributed by atoms with E-state index in [2.05, 4.69) is 11.9 Å². The molecular formula is C11H12F2N2O3S. The molecule has 1 amide bonds. The number of halogens is 2. The van der Waals surface area contributed by atoms with Gasteiger partial charge in [-0.15, -0.1) is 6.58 Å². The van der Waals surface area contributed by atoms with Crippen LogP contribution >= 0.6 is 0 Å². The zero-order valence-corrected chi connectivity index (χ0v) is 10.6. The number of rotatable bonds is 6. The summed E-state index contributed by atoms with van der Waals surface area (Å²) in [7, 11) is -4.43. The highest BCUT2D eigenvalue weighted by atomic mass is 32.2. The highest BCUT2D eigenvalue weighted by molar-refractivity contribution is 7.89. The second kappa shape index (κ2) is 6.39. The van der Waals surface area contributed by atoms with Crippen molar-refractivity contribution in [2.45, 2.75) is 4.90 Å². The minimum atomic E-state index is -4.43. The topological polar surface area (TPSA) is 75.3 Å². The lowest BCUT2D eigenvalue weighted by Crippen LogP contribution is -2.37. The van der Waals surface area contributed by atoms with Gasteiger partial charge in [-0.3, -0.25) is 4.79 Å². The number of carbonyl (C=O) groups excluding carboxylic acids is 1.